The number of amides is 1. The highest BCUT2D eigenvalue weighted by atomic mass is 35.5. The van der Waals surface area contributed by atoms with Gasteiger partial charge in [-0.2, -0.15) is 10.2 Å². The number of hydrogen-bond donors (Lipinski definition) is 2. The Hall–Kier alpha value is -2.35. The van der Waals surface area contributed by atoms with Gasteiger partial charge < -0.3 is 10.4 Å². The lowest BCUT2D eigenvalue weighted by atomic mass is 10.2. The lowest BCUT2D eigenvalue weighted by Crippen LogP contribution is -2.28. The summed E-state index contributed by atoms with van der Waals surface area (Å²) in [6.07, 6.45) is 1.93. The molecule has 2 aromatic rings. The maximum absolute atomic E-state index is 12.1. The maximum Gasteiger partial charge on any atom is 0.339 e. The minimum absolute atomic E-state index is 0.0409. The standard InChI is InChI=1S/C15H20ClN5O3/c1-8(21-10(3)12(16)9(2)18-21)5-6-17-14(22)13-11(15(23)24)7-20(4)19-13/h7-8H,5-6H2,1-4H3,(H,17,22)(H,23,24)/t8-/m0/s1. The van der Waals surface area contributed by atoms with E-state index in [0.717, 1.165) is 11.4 Å². The first-order valence-electron chi connectivity index (χ1n) is 7.48. The van der Waals surface area contributed by atoms with Gasteiger partial charge in [0.05, 0.1) is 22.5 Å². The summed E-state index contributed by atoms with van der Waals surface area (Å²) in [6, 6.07) is 0.0409. The van der Waals surface area contributed by atoms with Crippen molar-refractivity contribution >= 4 is 23.5 Å². The zero-order chi connectivity index (χ0) is 18.0. The molecule has 0 aliphatic heterocycles. The van der Waals surface area contributed by atoms with Gasteiger partial charge >= 0.3 is 5.97 Å². The van der Waals surface area contributed by atoms with Crippen molar-refractivity contribution in [3.63, 3.8) is 0 Å². The van der Waals surface area contributed by atoms with Crippen LogP contribution in [0.25, 0.3) is 0 Å². The van der Waals surface area contributed by atoms with Crippen LogP contribution in [0.1, 0.15) is 51.6 Å². The molecule has 2 aromatic heterocycles. The highest BCUT2D eigenvalue weighted by Crippen LogP contribution is 2.23. The highest BCUT2D eigenvalue weighted by molar-refractivity contribution is 6.31. The fraction of sp³-hybridized carbons (Fsp3) is 0.467. The topological polar surface area (TPSA) is 102 Å². The lowest BCUT2D eigenvalue weighted by molar-refractivity contribution is 0.0691. The normalized spacial score (nSPS) is 12.2. The average molecular weight is 354 g/mol. The van der Waals surface area contributed by atoms with E-state index in [1.54, 1.807) is 7.05 Å². The summed E-state index contributed by atoms with van der Waals surface area (Å²) in [5.74, 6) is -1.69. The van der Waals surface area contributed by atoms with Crippen LogP contribution in [0.3, 0.4) is 0 Å². The van der Waals surface area contributed by atoms with Gasteiger partial charge in [0.15, 0.2) is 5.69 Å². The number of carbonyl (C=O) groups excluding carboxylic acids is 1. The molecule has 0 unspecified atom stereocenters. The number of aryl methyl sites for hydroxylation is 2. The van der Waals surface area contributed by atoms with E-state index in [1.807, 2.05) is 25.5 Å². The summed E-state index contributed by atoms with van der Waals surface area (Å²) in [5, 5.41) is 20.7. The van der Waals surface area contributed by atoms with E-state index < -0.39 is 11.9 Å². The predicted octanol–water partition coefficient (Wildman–Crippen LogP) is 1.97. The van der Waals surface area contributed by atoms with E-state index in [4.69, 9.17) is 16.7 Å². The highest BCUT2D eigenvalue weighted by Gasteiger charge is 2.21. The Bertz CT molecular complexity index is 780. The van der Waals surface area contributed by atoms with Gasteiger partial charge in [-0.3, -0.25) is 14.2 Å². The van der Waals surface area contributed by atoms with Crippen molar-refractivity contribution < 1.29 is 14.7 Å². The number of nitrogens with one attached hydrogen (secondary N) is 1. The van der Waals surface area contributed by atoms with E-state index >= 15 is 0 Å². The first-order chi connectivity index (χ1) is 11.2. The van der Waals surface area contributed by atoms with E-state index in [0.29, 0.717) is 18.0 Å². The second kappa shape index (κ2) is 7.04. The zero-order valence-electron chi connectivity index (χ0n) is 14.0. The molecule has 0 aliphatic rings. The molecule has 2 heterocycles. The maximum atomic E-state index is 12.1. The van der Waals surface area contributed by atoms with E-state index in [2.05, 4.69) is 15.5 Å². The SMILES string of the molecule is Cc1nn([C@@H](C)CCNC(=O)c2nn(C)cc2C(=O)O)c(C)c1Cl. The van der Waals surface area contributed by atoms with Gasteiger partial charge in [-0.05, 0) is 27.2 Å². The summed E-state index contributed by atoms with van der Waals surface area (Å²) in [4.78, 5) is 23.3. The third-order valence-electron chi connectivity index (χ3n) is 3.78. The summed E-state index contributed by atoms with van der Waals surface area (Å²) in [7, 11) is 1.57. The predicted molar refractivity (Wildman–Crippen MR) is 88.5 cm³/mol. The largest absolute Gasteiger partial charge is 0.478 e. The quantitative estimate of drug-likeness (QED) is 0.826. The van der Waals surface area contributed by atoms with Crippen molar-refractivity contribution in [2.24, 2.45) is 7.05 Å². The Kier molecular flexibility index (Phi) is 5.28. The van der Waals surface area contributed by atoms with Gasteiger partial charge in [-0.15, -0.1) is 0 Å². The molecule has 0 fully saturated rings. The second-order valence-electron chi connectivity index (χ2n) is 5.69. The van der Waals surface area contributed by atoms with E-state index in [-0.39, 0.29) is 17.3 Å². The number of rotatable bonds is 6. The molecule has 1 amide bonds. The molecule has 9 heteroatoms. The van der Waals surface area contributed by atoms with Crippen molar-refractivity contribution in [1.82, 2.24) is 24.9 Å². The van der Waals surface area contributed by atoms with Crippen LogP contribution >= 0.6 is 11.6 Å². The lowest BCUT2D eigenvalue weighted by Gasteiger charge is -2.14. The molecule has 8 nitrogen and oxygen atoms in total. The van der Waals surface area contributed by atoms with E-state index in [1.165, 1.54) is 10.9 Å². The minimum atomic E-state index is -1.18. The van der Waals surface area contributed by atoms with Crippen molar-refractivity contribution in [3.8, 4) is 0 Å². The molecule has 1 atom stereocenters. The molecule has 24 heavy (non-hydrogen) atoms. The van der Waals surface area contributed by atoms with Crippen molar-refractivity contribution in [3.05, 3.63) is 33.9 Å². The number of hydrogen-bond acceptors (Lipinski definition) is 4. The summed E-state index contributed by atoms with van der Waals surface area (Å²) < 4.78 is 3.13. The minimum Gasteiger partial charge on any atom is -0.478 e. The molecule has 0 radical (unpaired) electrons. The van der Waals surface area contributed by atoms with Crippen molar-refractivity contribution in [2.75, 3.05) is 6.54 Å². The van der Waals surface area contributed by atoms with Gasteiger partial charge in [-0.25, -0.2) is 4.79 Å². The molecule has 2 rings (SSSR count). The number of carboxylic acids is 1. The third-order valence-corrected chi connectivity index (χ3v) is 4.32. The van der Waals surface area contributed by atoms with Crippen LogP contribution < -0.4 is 5.32 Å². The molecule has 0 saturated carbocycles. The number of halogens is 1. The van der Waals surface area contributed by atoms with Crippen LogP contribution in [-0.2, 0) is 7.05 Å². The summed E-state index contributed by atoms with van der Waals surface area (Å²) in [5.41, 5.74) is 1.44. The number of aromatic carboxylic acids is 1. The molecular weight excluding hydrogens is 334 g/mol. The van der Waals surface area contributed by atoms with Crippen LogP contribution in [0.4, 0.5) is 0 Å². The Labute approximate surface area is 144 Å². The molecule has 0 aliphatic carbocycles. The number of carbonyl (C=O) groups is 2. The second-order valence-corrected chi connectivity index (χ2v) is 6.07. The van der Waals surface area contributed by atoms with Gasteiger partial charge in [-0.1, -0.05) is 11.6 Å². The first-order valence-corrected chi connectivity index (χ1v) is 7.86. The van der Waals surface area contributed by atoms with Gasteiger partial charge in [0, 0.05) is 19.8 Å². The van der Waals surface area contributed by atoms with Crippen LogP contribution in [0, 0.1) is 13.8 Å². The fourth-order valence-electron chi connectivity index (χ4n) is 2.49. The van der Waals surface area contributed by atoms with Gasteiger partial charge in [0.25, 0.3) is 5.91 Å². The van der Waals surface area contributed by atoms with Crippen molar-refractivity contribution in [1.29, 1.82) is 0 Å². The van der Waals surface area contributed by atoms with Crippen LogP contribution in [0.2, 0.25) is 5.02 Å². The number of nitrogens with zero attached hydrogens (tertiary/aromatic N) is 4. The van der Waals surface area contributed by atoms with E-state index in [9.17, 15) is 9.59 Å². The molecular formula is C15H20ClN5O3. The number of carboxylic acid groups (broad SMARTS) is 1. The smallest absolute Gasteiger partial charge is 0.339 e. The van der Waals surface area contributed by atoms with Crippen LogP contribution in [-0.4, -0.2) is 43.1 Å². The average Bonchev–Trinajstić information content (AvgIpc) is 3.03. The first kappa shape index (κ1) is 18.0. The molecule has 130 valence electrons. The molecule has 0 bridgehead atoms. The van der Waals surface area contributed by atoms with Crippen LogP contribution in [0.15, 0.2) is 6.20 Å². The Morgan fingerprint density at radius 1 is 1.38 bits per heavy atom. The molecule has 0 saturated heterocycles. The Morgan fingerprint density at radius 3 is 2.58 bits per heavy atom. The fourth-order valence-corrected chi connectivity index (χ4v) is 2.61. The zero-order valence-corrected chi connectivity index (χ0v) is 14.8. The third kappa shape index (κ3) is 3.59. The Morgan fingerprint density at radius 2 is 2.04 bits per heavy atom. The monoisotopic (exact) mass is 353 g/mol. The molecule has 0 spiro atoms. The Balaban J connectivity index is 1.98. The summed E-state index contributed by atoms with van der Waals surface area (Å²) in [6.45, 7) is 6.08. The molecule has 0 aromatic carbocycles. The van der Waals surface area contributed by atoms with Gasteiger partial charge in [0.1, 0.15) is 5.56 Å². The molecule has 2 N–H and O–H groups in total. The summed E-state index contributed by atoms with van der Waals surface area (Å²) >= 11 is 6.14. The van der Waals surface area contributed by atoms with Gasteiger partial charge in [0.2, 0.25) is 0 Å². The number of aromatic nitrogens is 4. The van der Waals surface area contributed by atoms with Crippen LogP contribution in [0.5, 0.6) is 0 Å². The van der Waals surface area contributed by atoms with Crippen molar-refractivity contribution in [2.45, 2.75) is 33.2 Å².